The van der Waals surface area contributed by atoms with Crippen LogP contribution in [0.2, 0.25) is 0 Å². The molecule has 0 fully saturated rings. The third-order valence-corrected chi connectivity index (χ3v) is 3.51. The van der Waals surface area contributed by atoms with Crippen molar-refractivity contribution in [3.8, 4) is 0 Å². The molecule has 0 aliphatic heterocycles. The molecular weight excluding hydrogens is 276 g/mol. The van der Waals surface area contributed by atoms with Gasteiger partial charge in [0.15, 0.2) is 5.43 Å². The van der Waals surface area contributed by atoms with Gasteiger partial charge in [-0.05, 0) is 24.1 Å². The standard InChI is InChI=1S/C19H18O3/c20-18-13-16(22-19-11-5-4-10-17(18)19)9-6-12-21-14-15-7-2-1-3-8-15/h1-5,7-8,10-11,13H,6,9,12,14H2. The molecule has 3 aromatic rings. The summed E-state index contributed by atoms with van der Waals surface area (Å²) in [5.74, 6) is 0.715. The van der Waals surface area contributed by atoms with Crippen LogP contribution in [-0.2, 0) is 17.8 Å². The quantitative estimate of drug-likeness (QED) is 0.646. The molecule has 0 saturated carbocycles. The highest BCUT2D eigenvalue weighted by Crippen LogP contribution is 2.13. The summed E-state index contributed by atoms with van der Waals surface area (Å²) < 4.78 is 11.4. The van der Waals surface area contributed by atoms with Crippen molar-refractivity contribution < 1.29 is 9.15 Å². The molecule has 0 unspecified atom stereocenters. The van der Waals surface area contributed by atoms with E-state index in [2.05, 4.69) is 0 Å². The monoisotopic (exact) mass is 294 g/mol. The smallest absolute Gasteiger partial charge is 0.192 e. The number of rotatable bonds is 6. The molecule has 0 spiro atoms. The highest BCUT2D eigenvalue weighted by molar-refractivity contribution is 5.76. The van der Waals surface area contributed by atoms with Crippen molar-refractivity contribution in [2.24, 2.45) is 0 Å². The molecule has 0 aliphatic carbocycles. The Hall–Kier alpha value is -2.39. The van der Waals surface area contributed by atoms with E-state index in [1.54, 1.807) is 12.1 Å². The van der Waals surface area contributed by atoms with Crippen LogP contribution in [0.1, 0.15) is 17.7 Å². The molecule has 1 aromatic heterocycles. The summed E-state index contributed by atoms with van der Waals surface area (Å²) in [5, 5.41) is 0.631. The van der Waals surface area contributed by atoms with Gasteiger partial charge >= 0.3 is 0 Å². The highest BCUT2D eigenvalue weighted by Gasteiger charge is 2.04. The van der Waals surface area contributed by atoms with E-state index in [0.29, 0.717) is 36.4 Å². The summed E-state index contributed by atoms with van der Waals surface area (Å²) in [6.07, 6.45) is 1.53. The van der Waals surface area contributed by atoms with E-state index in [1.165, 1.54) is 5.56 Å². The second-order valence-corrected chi connectivity index (χ2v) is 5.21. The van der Waals surface area contributed by atoms with Crippen molar-refractivity contribution in [1.29, 1.82) is 0 Å². The normalized spacial score (nSPS) is 10.9. The van der Waals surface area contributed by atoms with E-state index >= 15 is 0 Å². The molecule has 0 atom stereocenters. The molecule has 0 N–H and O–H groups in total. The summed E-state index contributed by atoms with van der Waals surface area (Å²) in [4.78, 5) is 12.0. The lowest BCUT2D eigenvalue weighted by Gasteiger charge is -2.05. The van der Waals surface area contributed by atoms with E-state index < -0.39 is 0 Å². The van der Waals surface area contributed by atoms with E-state index in [-0.39, 0.29) is 5.43 Å². The van der Waals surface area contributed by atoms with Gasteiger partial charge in [-0.15, -0.1) is 0 Å². The molecule has 1 heterocycles. The van der Waals surface area contributed by atoms with Gasteiger partial charge in [0.1, 0.15) is 11.3 Å². The Morgan fingerprint density at radius 3 is 2.59 bits per heavy atom. The molecular formula is C19H18O3. The Bertz CT molecular complexity index is 790. The lowest BCUT2D eigenvalue weighted by atomic mass is 10.2. The Kier molecular flexibility index (Phi) is 4.66. The van der Waals surface area contributed by atoms with Crippen LogP contribution in [0.3, 0.4) is 0 Å². The number of fused-ring (bicyclic) bond motifs is 1. The van der Waals surface area contributed by atoms with Crippen LogP contribution in [0, 0.1) is 0 Å². The van der Waals surface area contributed by atoms with Gasteiger partial charge < -0.3 is 9.15 Å². The van der Waals surface area contributed by atoms with Gasteiger partial charge in [0.2, 0.25) is 0 Å². The number of ether oxygens (including phenoxy) is 1. The Morgan fingerprint density at radius 2 is 1.73 bits per heavy atom. The Balaban J connectivity index is 1.53. The largest absolute Gasteiger partial charge is 0.461 e. The van der Waals surface area contributed by atoms with Crippen molar-refractivity contribution >= 4 is 11.0 Å². The predicted molar refractivity (Wildman–Crippen MR) is 86.9 cm³/mol. The summed E-state index contributed by atoms with van der Waals surface area (Å²) in [6, 6.07) is 19.0. The predicted octanol–water partition coefficient (Wildman–Crippen LogP) is 3.94. The third-order valence-electron chi connectivity index (χ3n) is 3.51. The maximum absolute atomic E-state index is 12.0. The Morgan fingerprint density at radius 1 is 0.955 bits per heavy atom. The van der Waals surface area contributed by atoms with Gasteiger partial charge in [0, 0.05) is 19.1 Å². The number of aryl methyl sites for hydroxylation is 1. The van der Waals surface area contributed by atoms with Crippen LogP contribution in [0.4, 0.5) is 0 Å². The minimum atomic E-state index is 0.0158. The minimum Gasteiger partial charge on any atom is -0.461 e. The lowest BCUT2D eigenvalue weighted by Crippen LogP contribution is -2.03. The van der Waals surface area contributed by atoms with Crippen LogP contribution >= 0.6 is 0 Å². The average Bonchev–Trinajstić information content (AvgIpc) is 2.56. The molecule has 0 radical (unpaired) electrons. The van der Waals surface area contributed by atoms with Crippen LogP contribution in [0.15, 0.2) is 69.9 Å². The first-order chi connectivity index (χ1) is 10.8. The van der Waals surface area contributed by atoms with Gasteiger partial charge in [0.05, 0.1) is 12.0 Å². The summed E-state index contributed by atoms with van der Waals surface area (Å²) in [6.45, 7) is 1.26. The Labute approximate surface area is 129 Å². The van der Waals surface area contributed by atoms with Crippen LogP contribution in [0.5, 0.6) is 0 Å². The molecule has 0 aliphatic rings. The topological polar surface area (TPSA) is 39.4 Å². The van der Waals surface area contributed by atoms with Gasteiger partial charge in [-0.1, -0.05) is 42.5 Å². The number of hydrogen-bond acceptors (Lipinski definition) is 3. The van der Waals surface area contributed by atoms with Gasteiger partial charge in [0.25, 0.3) is 0 Å². The van der Waals surface area contributed by atoms with E-state index in [4.69, 9.17) is 9.15 Å². The zero-order valence-electron chi connectivity index (χ0n) is 12.3. The first-order valence-corrected chi connectivity index (χ1v) is 7.46. The lowest BCUT2D eigenvalue weighted by molar-refractivity contribution is 0.118. The van der Waals surface area contributed by atoms with Gasteiger partial charge in [-0.25, -0.2) is 0 Å². The van der Waals surface area contributed by atoms with E-state index in [1.807, 2.05) is 48.5 Å². The SMILES string of the molecule is O=c1cc(CCCOCc2ccccc2)oc2ccccc12. The zero-order valence-corrected chi connectivity index (χ0v) is 12.3. The maximum Gasteiger partial charge on any atom is 0.192 e. The van der Waals surface area contributed by atoms with Crippen molar-refractivity contribution in [2.75, 3.05) is 6.61 Å². The van der Waals surface area contributed by atoms with Crippen molar-refractivity contribution in [2.45, 2.75) is 19.4 Å². The molecule has 0 amide bonds. The fraction of sp³-hybridized carbons (Fsp3) is 0.211. The first-order valence-electron chi connectivity index (χ1n) is 7.46. The maximum atomic E-state index is 12.0. The minimum absolute atomic E-state index is 0.0158. The highest BCUT2D eigenvalue weighted by atomic mass is 16.5. The average molecular weight is 294 g/mol. The van der Waals surface area contributed by atoms with Crippen LogP contribution in [0.25, 0.3) is 11.0 Å². The fourth-order valence-electron chi connectivity index (χ4n) is 2.39. The molecule has 0 saturated heterocycles. The van der Waals surface area contributed by atoms with Crippen LogP contribution in [-0.4, -0.2) is 6.61 Å². The summed E-state index contributed by atoms with van der Waals surface area (Å²) >= 11 is 0. The second-order valence-electron chi connectivity index (χ2n) is 5.21. The van der Waals surface area contributed by atoms with Crippen molar-refractivity contribution in [1.82, 2.24) is 0 Å². The molecule has 22 heavy (non-hydrogen) atoms. The second kappa shape index (κ2) is 7.05. The van der Waals surface area contributed by atoms with Gasteiger partial charge in [-0.2, -0.15) is 0 Å². The summed E-state index contributed by atoms with van der Waals surface area (Å²) in [5.41, 5.74) is 1.83. The number of hydrogen-bond donors (Lipinski definition) is 0. The molecule has 2 aromatic carbocycles. The number of benzene rings is 2. The zero-order chi connectivity index (χ0) is 15.2. The van der Waals surface area contributed by atoms with Crippen LogP contribution < -0.4 is 5.43 Å². The first kappa shape index (κ1) is 14.5. The van der Waals surface area contributed by atoms with E-state index in [9.17, 15) is 4.79 Å². The molecule has 3 heteroatoms. The van der Waals surface area contributed by atoms with E-state index in [0.717, 1.165) is 6.42 Å². The molecule has 3 rings (SSSR count). The van der Waals surface area contributed by atoms with Gasteiger partial charge in [-0.3, -0.25) is 4.79 Å². The third kappa shape index (κ3) is 3.62. The molecule has 3 nitrogen and oxygen atoms in total. The van der Waals surface area contributed by atoms with Crippen molar-refractivity contribution in [3.63, 3.8) is 0 Å². The van der Waals surface area contributed by atoms with Crippen molar-refractivity contribution in [3.05, 3.63) is 82.2 Å². The summed E-state index contributed by atoms with van der Waals surface area (Å²) in [7, 11) is 0. The fourth-order valence-corrected chi connectivity index (χ4v) is 2.39. The number of para-hydroxylation sites is 1. The molecule has 0 bridgehead atoms. The molecule has 112 valence electrons.